The first-order chi connectivity index (χ1) is 10.3. The molecule has 108 valence electrons. The topological polar surface area (TPSA) is 18.5 Å². The molecule has 4 rings (SSSR count). The van der Waals surface area contributed by atoms with Crippen molar-refractivity contribution in [1.29, 1.82) is 0 Å². The molecule has 3 heteroatoms. The summed E-state index contributed by atoms with van der Waals surface area (Å²) in [4.78, 5) is 0. The van der Waals surface area contributed by atoms with E-state index < -0.39 is 0 Å². The number of fused-ring (bicyclic) bond motifs is 1. The van der Waals surface area contributed by atoms with Gasteiger partial charge in [0.25, 0.3) is 0 Å². The largest absolute Gasteiger partial charge is 0.373 e. The third-order valence-electron chi connectivity index (χ3n) is 4.52. The molecule has 0 aliphatic carbocycles. The number of ether oxygens (including phenoxy) is 2. The van der Waals surface area contributed by atoms with Gasteiger partial charge in [-0.1, -0.05) is 58.4 Å². The Balaban J connectivity index is 1.68. The van der Waals surface area contributed by atoms with Crippen molar-refractivity contribution in [1.82, 2.24) is 0 Å². The SMILES string of the molecule is Brc1ccccc1[C@@H]1OCC[C@H]1[C@H]1OCc2ccccc21. The normalized spacial score (nSPS) is 27.8. The van der Waals surface area contributed by atoms with Gasteiger partial charge in [-0.05, 0) is 29.2 Å². The quantitative estimate of drug-likeness (QED) is 0.779. The number of hydrogen-bond acceptors (Lipinski definition) is 2. The smallest absolute Gasteiger partial charge is 0.0892 e. The molecule has 0 unspecified atom stereocenters. The average molecular weight is 345 g/mol. The molecule has 21 heavy (non-hydrogen) atoms. The Kier molecular flexibility index (Phi) is 3.57. The molecule has 0 spiro atoms. The van der Waals surface area contributed by atoms with E-state index in [0.29, 0.717) is 5.92 Å². The number of halogens is 1. The van der Waals surface area contributed by atoms with Crippen LogP contribution in [0.4, 0.5) is 0 Å². The van der Waals surface area contributed by atoms with Gasteiger partial charge in [-0.25, -0.2) is 0 Å². The molecule has 2 aliphatic rings. The minimum atomic E-state index is 0.108. The molecule has 0 N–H and O–H groups in total. The lowest BCUT2D eigenvalue weighted by Gasteiger charge is -2.25. The summed E-state index contributed by atoms with van der Waals surface area (Å²) in [6.45, 7) is 1.53. The second-order valence-corrected chi connectivity index (χ2v) is 6.55. The van der Waals surface area contributed by atoms with Crippen molar-refractivity contribution < 1.29 is 9.47 Å². The van der Waals surface area contributed by atoms with Crippen molar-refractivity contribution in [2.75, 3.05) is 6.61 Å². The van der Waals surface area contributed by atoms with Crippen molar-refractivity contribution in [2.24, 2.45) is 5.92 Å². The Hall–Kier alpha value is -1.16. The minimum Gasteiger partial charge on any atom is -0.373 e. The van der Waals surface area contributed by atoms with E-state index in [4.69, 9.17) is 9.47 Å². The van der Waals surface area contributed by atoms with Crippen LogP contribution in [-0.2, 0) is 16.1 Å². The highest BCUT2D eigenvalue weighted by atomic mass is 79.9. The summed E-state index contributed by atoms with van der Waals surface area (Å²) in [7, 11) is 0. The third-order valence-corrected chi connectivity index (χ3v) is 5.24. The van der Waals surface area contributed by atoms with Crippen LogP contribution in [0.15, 0.2) is 53.0 Å². The lowest BCUT2D eigenvalue weighted by atomic mass is 9.86. The molecule has 2 heterocycles. The lowest BCUT2D eigenvalue weighted by molar-refractivity contribution is -0.0118. The highest BCUT2D eigenvalue weighted by molar-refractivity contribution is 9.10. The molecule has 2 nitrogen and oxygen atoms in total. The van der Waals surface area contributed by atoms with Gasteiger partial charge in [-0.3, -0.25) is 0 Å². The van der Waals surface area contributed by atoms with Gasteiger partial charge in [0.2, 0.25) is 0 Å². The van der Waals surface area contributed by atoms with Crippen LogP contribution >= 0.6 is 15.9 Å². The molecule has 0 amide bonds. The number of benzene rings is 2. The predicted octanol–water partition coefficient (Wildman–Crippen LogP) is 4.80. The summed E-state index contributed by atoms with van der Waals surface area (Å²) >= 11 is 3.65. The first kappa shape index (κ1) is 13.5. The lowest BCUT2D eigenvalue weighted by Crippen LogP contribution is -2.16. The van der Waals surface area contributed by atoms with Gasteiger partial charge >= 0.3 is 0 Å². The van der Waals surface area contributed by atoms with Crippen molar-refractivity contribution in [3.05, 3.63) is 69.7 Å². The van der Waals surface area contributed by atoms with E-state index in [1.54, 1.807) is 0 Å². The summed E-state index contributed by atoms with van der Waals surface area (Å²) in [5, 5.41) is 0. The van der Waals surface area contributed by atoms with Gasteiger partial charge < -0.3 is 9.47 Å². The zero-order chi connectivity index (χ0) is 14.2. The molecule has 1 saturated heterocycles. The van der Waals surface area contributed by atoms with Gasteiger partial charge in [0, 0.05) is 17.0 Å². The second kappa shape index (κ2) is 5.56. The zero-order valence-electron chi connectivity index (χ0n) is 11.7. The molecule has 2 aliphatic heterocycles. The maximum absolute atomic E-state index is 6.10. The van der Waals surface area contributed by atoms with E-state index in [1.165, 1.54) is 16.7 Å². The highest BCUT2D eigenvalue weighted by Gasteiger charge is 2.40. The fraction of sp³-hybridized carbons (Fsp3) is 0.333. The summed E-state index contributed by atoms with van der Waals surface area (Å²) in [6.07, 6.45) is 1.31. The predicted molar refractivity (Wildman–Crippen MR) is 84.9 cm³/mol. The molecule has 1 fully saturated rings. The molecule has 0 saturated carbocycles. The molecule has 2 aromatic rings. The molecular weight excluding hydrogens is 328 g/mol. The van der Waals surface area contributed by atoms with Crippen molar-refractivity contribution >= 4 is 15.9 Å². The first-order valence-electron chi connectivity index (χ1n) is 7.40. The Labute approximate surface area is 133 Å². The Morgan fingerprint density at radius 1 is 0.857 bits per heavy atom. The van der Waals surface area contributed by atoms with Crippen LogP contribution in [-0.4, -0.2) is 6.61 Å². The van der Waals surface area contributed by atoms with E-state index >= 15 is 0 Å². The Bertz CT molecular complexity index is 655. The molecule has 2 aromatic carbocycles. The van der Waals surface area contributed by atoms with E-state index in [-0.39, 0.29) is 12.2 Å². The van der Waals surface area contributed by atoms with Crippen LogP contribution in [0.5, 0.6) is 0 Å². The first-order valence-corrected chi connectivity index (χ1v) is 8.19. The third kappa shape index (κ3) is 2.33. The monoisotopic (exact) mass is 344 g/mol. The summed E-state index contributed by atoms with van der Waals surface area (Å²) in [5.74, 6) is 0.382. The van der Waals surface area contributed by atoms with Gasteiger partial charge in [0.15, 0.2) is 0 Å². The van der Waals surface area contributed by atoms with Gasteiger partial charge in [-0.15, -0.1) is 0 Å². The molecule has 0 bridgehead atoms. The summed E-state index contributed by atoms with van der Waals surface area (Å²) in [6, 6.07) is 16.9. The molecule has 3 atom stereocenters. The minimum absolute atomic E-state index is 0.108. The standard InChI is InChI=1S/C18H17BrO2/c19-16-8-4-3-7-14(16)18-15(9-10-20-18)17-13-6-2-1-5-12(13)11-21-17/h1-8,15,17-18H,9-11H2/t15-,17-,18-/m0/s1. The van der Waals surface area contributed by atoms with Crippen LogP contribution in [0.3, 0.4) is 0 Å². The summed E-state index contributed by atoms with van der Waals surface area (Å²) < 4.78 is 13.3. The maximum atomic E-state index is 6.10. The fourth-order valence-corrected chi connectivity index (χ4v) is 4.02. The average Bonchev–Trinajstić information content (AvgIpc) is 3.13. The zero-order valence-corrected chi connectivity index (χ0v) is 13.3. The van der Waals surface area contributed by atoms with Crippen LogP contribution in [0.25, 0.3) is 0 Å². The van der Waals surface area contributed by atoms with Crippen LogP contribution in [0, 0.1) is 5.92 Å². The maximum Gasteiger partial charge on any atom is 0.0892 e. The second-order valence-electron chi connectivity index (χ2n) is 5.70. The van der Waals surface area contributed by atoms with E-state index in [0.717, 1.165) is 24.1 Å². The van der Waals surface area contributed by atoms with Gasteiger partial charge in [0.05, 0.1) is 18.8 Å². The van der Waals surface area contributed by atoms with Crippen LogP contribution < -0.4 is 0 Å². The summed E-state index contributed by atoms with van der Waals surface area (Å²) in [5.41, 5.74) is 3.89. The molecule has 0 radical (unpaired) electrons. The fourth-order valence-electron chi connectivity index (χ4n) is 3.51. The van der Waals surface area contributed by atoms with Crippen molar-refractivity contribution in [3.8, 4) is 0 Å². The number of hydrogen-bond donors (Lipinski definition) is 0. The molecular formula is C18H17BrO2. The number of rotatable bonds is 2. The van der Waals surface area contributed by atoms with Gasteiger partial charge in [-0.2, -0.15) is 0 Å². The van der Waals surface area contributed by atoms with E-state index in [2.05, 4.69) is 58.4 Å². The Morgan fingerprint density at radius 3 is 2.43 bits per heavy atom. The highest BCUT2D eigenvalue weighted by Crippen LogP contribution is 2.48. The van der Waals surface area contributed by atoms with Crippen molar-refractivity contribution in [3.63, 3.8) is 0 Å². The van der Waals surface area contributed by atoms with Crippen LogP contribution in [0.2, 0.25) is 0 Å². The van der Waals surface area contributed by atoms with Crippen molar-refractivity contribution in [2.45, 2.75) is 25.2 Å². The van der Waals surface area contributed by atoms with E-state index in [1.807, 2.05) is 6.07 Å². The van der Waals surface area contributed by atoms with Crippen LogP contribution in [0.1, 0.15) is 35.3 Å². The van der Waals surface area contributed by atoms with Gasteiger partial charge in [0.1, 0.15) is 0 Å². The van der Waals surface area contributed by atoms with E-state index in [9.17, 15) is 0 Å². The Morgan fingerprint density at radius 2 is 1.57 bits per heavy atom. The molecule has 0 aromatic heterocycles.